The maximum atomic E-state index is 11.7. The van der Waals surface area contributed by atoms with Crippen LogP contribution in [0.3, 0.4) is 0 Å². The highest BCUT2D eigenvalue weighted by atomic mass is 32.2. The Balaban J connectivity index is 1.50. The Bertz CT molecular complexity index is 710. The molecule has 21 heavy (non-hydrogen) atoms. The molecule has 0 bridgehead atoms. The average molecular weight is 300 g/mol. The van der Waals surface area contributed by atoms with Gasteiger partial charge >= 0.3 is 5.97 Å². The van der Waals surface area contributed by atoms with E-state index in [0.29, 0.717) is 28.0 Å². The molecule has 0 spiro atoms. The first-order valence-corrected chi connectivity index (χ1v) is 7.40. The monoisotopic (exact) mass is 300 g/mol. The smallest absolute Gasteiger partial charge is 0.312 e. The summed E-state index contributed by atoms with van der Waals surface area (Å²) in [5.41, 5.74) is 1.22. The Morgan fingerprint density at radius 2 is 2.05 bits per heavy atom. The maximum absolute atomic E-state index is 11.7. The molecule has 3 rings (SSSR count). The van der Waals surface area contributed by atoms with Crippen molar-refractivity contribution in [3.8, 4) is 5.75 Å². The molecule has 0 unspecified atom stereocenters. The number of hydrogen-bond donors (Lipinski definition) is 0. The molecule has 0 atom stereocenters. The molecule has 0 saturated carbocycles. The lowest BCUT2D eigenvalue weighted by Gasteiger charge is -2.02. The van der Waals surface area contributed by atoms with Crippen LogP contribution in [0.15, 0.2) is 58.3 Å². The molecule has 2 aromatic heterocycles. The van der Waals surface area contributed by atoms with Gasteiger partial charge in [-0.25, -0.2) is 4.98 Å². The predicted octanol–water partition coefficient (Wildman–Crippen LogP) is 3.31. The molecular weight excluding hydrogens is 288 g/mol. The Labute approximate surface area is 125 Å². The lowest BCUT2D eigenvalue weighted by atomic mass is 10.3. The number of rotatable bonds is 5. The number of hydrogen-bond acceptors (Lipinski definition) is 6. The topological polar surface area (TPSA) is 65.2 Å². The molecule has 2 heterocycles. The number of esters is 1. The van der Waals surface area contributed by atoms with Crippen LogP contribution in [0.5, 0.6) is 5.75 Å². The van der Waals surface area contributed by atoms with Crippen LogP contribution in [-0.2, 0) is 4.79 Å². The van der Waals surface area contributed by atoms with Crippen LogP contribution in [0.1, 0.15) is 6.42 Å². The van der Waals surface area contributed by atoms with E-state index in [-0.39, 0.29) is 12.4 Å². The fourth-order valence-electron chi connectivity index (χ4n) is 1.70. The summed E-state index contributed by atoms with van der Waals surface area (Å²) in [6.45, 7) is 0. The number of para-hydroxylation sites is 1. The van der Waals surface area contributed by atoms with Crippen molar-refractivity contribution >= 4 is 29.0 Å². The van der Waals surface area contributed by atoms with Crippen LogP contribution in [-0.4, -0.2) is 21.7 Å². The third-order valence-corrected chi connectivity index (χ3v) is 3.48. The summed E-state index contributed by atoms with van der Waals surface area (Å²) in [7, 11) is 0. The van der Waals surface area contributed by atoms with E-state index >= 15 is 0 Å². The lowest BCUT2D eigenvalue weighted by molar-refractivity contribution is -0.133. The first kappa shape index (κ1) is 13.6. The molecule has 0 N–H and O–H groups in total. The molecule has 5 nitrogen and oxygen atoms in total. The van der Waals surface area contributed by atoms with Crippen LogP contribution in [0.4, 0.5) is 0 Å². The van der Waals surface area contributed by atoms with E-state index < -0.39 is 0 Å². The molecule has 0 amide bonds. The number of aromatic nitrogens is 2. The Kier molecular flexibility index (Phi) is 4.16. The highest BCUT2D eigenvalue weighted by Crippen LogP contribution is 2.22. The van der Waals surface area contributed by atoms with Gasteiger partial charge < -0.3 is 9.15 Å². The van der Waals surface area contributed by atoms with Crippen LogP contribution >= 0.6 is 11.8 Å². The minimum atomic E-state index is -0.275. The summed E-state index contributed by atoms with van der Waals surface area (Å²) in [6, 6.07) is 12.6. The summed E-state index contributed by atoms with van der Waals surface area (Å²) in [6.07, 6.45) is 1.95. The molecule has 1 aromatic carbocycles. The van der Waals surface area contributed by atoms with Gasteiger partial charge in [-0.1, -0.05) is 30.0 Å². The largest absolute Gasteiger partial charge is 0.430 e. The van der Waals surface area contributed by atoms with Crippen molar-refractivity contribution in [3.63, 3.8) is 0 Å². The maximum Gasteiger partial charge on any atom is 0.312 e. The average Bonchev–Trinajstić information content (AvgIpc) is 2.91. The second kappa shape index (κ2) is 6.41. The van der Waals surface area contributed by atoms with Gasteiger partial charge in [-0.2, -0.15) is 4.98 Å². The number of fused-ring (bicyclic) bond motifs is 1. The van der Waals surface area contributed by atoms with Gasteiger partial charge in [-0.05, 0) is 24.3 Å². The molecule has 3 aromatic rings. The van der Waals surface area contributed by atoms with Crippen molar-refractivity contribution in [2.75, 3.05) is 5.75 Å². The summed E-state index contributed by atoms with van der Waals surface area (Å²) in [4.78, 5) is 20.0. The van der Waals surface area contributed by atoms with Gasteiger partial charge in [-0.15, -0.1) is 0 Å². The number of oxazole rings is 1. The first-order valence-electron chi connectivity index (χ1n) is 6.41. The van der Waals surface area contributed by atoms with Gasteiger partial charge in [0, 0.05) is 11.9 Å². The van der Waals surface area contributed by atoms with Gasteiger partial charge in [0.1, 0.15) is 5.75 Å². The normalized spacial score (nSPS) is 10.7. The first-order chi connectivity index (χ1) is 10.3. The zero-order valence-electron chi connectivity index (χ0n) is 11.1. The zero-order valence-corrected chi connectivity index (χ0v) is 11.9. The third-order valence-electron chi connectivity index (χ3n) is 2.65. The second-order valence-electron chi connectivity index (χ2n) is 4.19. The molecule has 106 valence electrons. The minimum Gasteiger partial charge on any atom is -0.430 e. The highest BCUT2D eigenvalue weighted by molar-refractivity contribution is 7.99. The van der Waals surface area contributed by atoms with Gasteiger partial charge in [-0.3, -0.25) is 4.79 Å². The molecule has 0 radical (unpaired) electrons. The number of benzene rings is 1. The third kappa shape index (κ3) is 3.61. The number of thioether (sulfide) groups is 1. The number of pyridine rings is 1. The number of nitrogens with zero attached hydrogens (tertiary/aromatic N) is 2. The van der Waals surface area contributed by atoms with Crippen LogP contribution in [0.2, 0.25) is 0 Å². The Morgan fingerprint density at radius 3 is 2.86 bits per heavy atom. The van der Waals surface area contributed by atoms with E-state index in [4.69, 9.17) is 9.15 Å². The SMILES string of the molecule is O=C(CCSc1nc2ncccc2o1)Oc1ccccc1. The minimum absolute atomic E-state index is 0.275. The van der Waals surface area contributed by atoms with Crippen LogP contribution in [0.25, 0.3) is 11.2 Å². The standard InChI is InChI=1S/C15H12N2O3S/c18-13(19-11-5-2-1-3-6-11)8-10-21-15-17-14-12(20-15)7-4-9-16-14/h1-7,9H,8,10H2. The molecule has 0 aliphatic carbocycles. The molecule has 0 fully saturated rings. The highest BCUT2D eigenvalue weighted by Gasteiger charge is 2.09. The fourth-order valence-corrected chi connectivity index (χ4v) is 2.45. The Morgan fingerprint density at radius 1 is 1.19 bits per heavy atom. The van der Waals surface area contributed by atoms with Crippen LogP contribution < -0.4 is 4.74 Å². The van der Waals surface area contributed by atoms with Crippen molar-refractivity contribution < 1.29 is 13.9 Å². The van der Waals surface area contributed by atoms with Gasteiger partial charge in [0.15, 0.2) is 11.2 Å². The predicted molar refractivity (Wildman–Crippen MR) is 79.2 cm³/mol. The van der Waals surface area contributed by atoms with Crippen molar-refractivity contribution in [2.45, 2.75) is 11.6 Å². The summed E-state index contributed by atoms with van der Waals surface area (Å²) >= 11 is 1.37. The summed E-state index contributed by atoms with van der Waals surface area (Å²) in [5.74, 6) is 0.819. The van der Waals surface area contributed by atoms with Crippen molar-refractivity contribution in [2.24, 2.45) is 0 Å². The lowest BCUT2D eigenvalue weighted by Crippen LogP contribution is -2.08. The fraction of sp³-hybridized carbons (Fsp3) is 0.133. The van der Waals surface area contributed by atoms with E-state index in [9.17, 15) is 4.79 Å². The van der Waals surface area contributed by atoms with Gasteiger partial charge in [0.05, 0.1) is 6.42 Å². The molecule has 0 saturated heterocycles. The Hall–Kier alpha value is -2.34. The van der Waals surface area contributed by atoms with E-state index in [1.807, 2.05) is 24.3 Å². The zero-order chi connectivity index (χ0) is 14.5. The molecular formula is C15H12N2O3S. The van der Waals surface area contributed by atoms with Crippen molar-refractivity contribution in [1.29, 1.82) is 0 Å². The van der Waals surface area contributed by atoms with E-state index in [1.54, 1.807) is 24.4 Å². The van der Waals surface area contributed by atoms with Gasteiger partial charge in [0.2, 0.25) is 0 Å². The number of carbonyl (C=O) groups is 1. The number of ether oxygens (including phenoxy) is 1. The van der Waals surface area contributed by atoms with Crippen LogP contribution in [0, 0.1) is 0 Å². The number of carbonyl (C=O) groups excluding carboxylic acids is 1. The molecule has 0 aliphatic rings. The van der Waals surface area contributed by atoms with E-state index in [0.717, 1.165) is 0 Å². The van der Waals surface area contributed by atoms with E-state index in [2.05, 4.69) is 9.97 Å². The second-order valence-corrected chi connectivity index (χ2v) is 5.24. The summed E-state index contributed by atoms with van der Waals surface area (Å²) in [5, 5.41) is 0.510. The van der Waals surface area contributed by atoms with Gasteiger partial charge in [0.25, 0.3) is 5.22 Å². The summed E-state index contributed by atoms with van der Waals surface area (Å²) < 4.78 is 10.7. The quantitative estimate of drug-likeness (QED) is 0.409. The van der Waals surface area contributed by atoms with Crippen molar-refractivity contribution in [1.82, 2.24) is 9.97 Å². The molecule has 0 aliphatic heterocycles. The molecule has 6 heteroatoms. The van der Waals surface area contributed by atoms with Crippen molar-refractivity contribution in [3.05, 3.63) is 48.7 Å². The van der Waals surface area contributed by atoms with E-state index in [1.165, 1.54) is 11.8 Å².